The van der Waals surface area contributed by atoms with Gasteiger partial charge in [-0.05, 0) is 31.1 Å². The average molecular weight is 708 g/mol. The number of unbranched alkanes of at least 4 members (excludes halogenated alkanes) is 9. The molecule has 322 valence electrons. The molecule has 0 radical (unpaired) electrons. The van der Waals surface area contributed by atoms with E-state index in [0.717, 1.165) is 0 Å². The third-order valence-electron chi connectivity index (χ3n) is 5.74. The molecule has 0 spiro atoms. The van der Waals surface area contributed by atoms with E-state index < -0.39 is 0 Å². The molecule has 0 heterocycles. The Hall–Kier alpha value is 0. The highest BCUT2D eigenvalue weighted by Gasteiger charge is 2.27. The first-order valence-electron chi connectivity index (χ1n) is 18.4. The fraction of sp³-hybridized carbons (Fsp3) is 1.00. The third-order valence-corrected chi connectivity index (χ3v) is 5.74. The molecule has 0 fully saturated rings. The summed E-state index contributed by atoms with van der Waals surface area (Å²) in [5.74, 6) is 0. The second-order valence-corrected chi connectivity index (χ2v) is 10.4. The van der Waals surface area contributed by atoms with E-state index in [4.69, 9.17) is 0 Å². The Balaban J connectivity index is -0.0000000204. The van der Waals surface area contributed by atoms with Gasteiger partial charge in [-0.25, -0.2) is 0 Å². The Morgan fingerprint density at radius 2 is 0.354 bits per heavy atom. The summed E-state index contributed by atoms with van der Waals surface area (Å²) in [6, 6.07) is 0. The van der Waals surface area contributed by atoms with E-state index in [9.17, 15) is 0 Å². The molecular weight excluding hydrogens is 577 g/mol. The van der Waals surface area contributed by atoms with Crippen LogP contribution in [0.25, 0.3) is 0 Å². The van der Waals surface area contributed by atoms with Crippen molar-refractivity contribution in [1.29, 1.82) is 0 Å². The summed E-state index contributed by atoms with van der Waals surface area (Å²) in [5.41, 5.74) is 0.703. The summed E-state index contributed by atoms with van der Waals surface area (Å²) in [6.45, 7) is 34.5. The smallest absolute Gasteiger partial charge is 0.0297 e. The lowest BCUT2D eigenvalue weighted by Gasteiger charge is -2.35. The number of hydrogen-bond donors (Lipinski definition) is 0. The van der Waals surface area contributed by atoms with Gasteiger partial charge in [0.1, 0.15) is 0 Å². The first-order chi connectivity index (χ1) is 18.4. The van der Waals surface area contributed by atoms with Crippen molar-refractivity contribution in [3.63, 3.8) is 0 Å². The van der Waals surface area contributed by atoms with E-state index in [-0.39, 0.29) is 74.3 Å². The molecule has 0 heteroatoms. The fourth-order valence-corrected chi connectivity index (χ4v) is 3.75. The average Bonchev–Trinajstić information content (AvgIpc) is 2.93. The standard InChI is InChI=1S/C21H44.C4H10.3C3H8.2C2H6.10CH4/c1-5-9-13-17-21(18-14-10-6-2,19-15-11-7-3)20-16-12-8-4;1-3-4-2;3*1-3-2;2*1-2;;;;;;;;;;/h5-20H2,1-4H3;3-4H2,1-2H3;3*3H2,1-2H3;2*1-2H3;10*1H4. The van der Waals surface area contributed by atoms with Gasteiger partial charge < -0.3 is 0 Å². The summed E-state index contributed by atoms with van der Waals surface area (Å²) in [4.78, 5) is 0. The van der Waals surface area contributed by atoms with Crippen molar-refractivity contribution in [1.82, 2.24) is 0 Å². The number of rotatable bonds is 17. The summed E-state index contributed by atoms with van der Waals surface area (Å²) < 4.78 is 0. The van der Waals surface area contributed by atoms with Crippen LogP contribution in [-0.2, 0) is 0 Å². The summed E-state index contributed by atoms with van der Waals surface area (Å²) in [7, 11) is 0. The van der Waals surface area contributed by atoms with Crippen LogP contribution in [-0.4, -0.2) is 0 Å². The maximum absolute atomic E-state index is 2.34. The van der Waals surface area contributed by atoms with Gasteiger partial charge in [-0.3, -0.25) is 0 Å². The zero-order chi connectivity index (χ0) is 31.3. The fourth-order valence-electron chi connectivity index (χ4n) is 3.75. The van der Waals surface area contributed by atoms with E-state index >= 15 is 0 Å². The lowest BCUT2D eigenvalue weighted by Crippen LogP contribution is -2.21. The van der Waals surface area contributed by atoms with Crippen LogP contribution >= 0.6 is 0 Å². The molecule has 0 N–H and O–H groups in total. The molecule has 0 atom stereocenters. The predicted molar refractivity (Wildman–Crippen MR) is 257 cm³/mol. The maximum atomic E-state index is 2.34. The Kier molecular flexibility index (Phi) is 314. The Morgan fingerprint density at radius 3 is 0.438 bits per heavy atom. The van der Waals surface area contributed by atoms with Crippen LogP contribution in [0.2, 0.25) is 0 Å². The molecule has 0 aromatic heterocycles. The molecule has 48 heavy (non-hydrogen) atoms. The minimum Gasteiger partial charge on any atom is -0.0776 e. The first kappa shape index (κ1) is 110. The van der Waals surface area contributed by atoms with Gasteiger partial charge in [0.15, 0.2) is 0 Å². The van der Waals surface area contributed by atoms with Crippen molar-refractivity contribution in [3.05, 3.63) is 0 Å². The van der Waals surface area contributed by atoms with Crippen LogP contribution in [0.4, 0.5) is 0 Å². The lowest BCUT2D eigenvalue weighted by molar-refractivity contribution is 0.173. The van der Waals surface area contributed by atoms with E-state index in [1.807, 2.05) is 27.7 Å². The second kappa shape index (κ2) is 136. The van der Waals surface area contributed by atoms with Gasteiger partial charge in [-0.15, -0.1) is 0 Å². The van der Waals surface area contributed by atoms with Crippen molar-refractivity contribution in [2.24, 2.45) is 5.41 Å². The van der Waals surface area contributed by atoms with Gasteiger partial charge in [-0.1, -0.05) is 294 Å². The van der Waals surface area contributed by atoms with Crippen molar-refractivity contribution in [3.8, 4) is 0 Å². The van der Waals surface area contributed by atoms with Gasteiger partial charge in [0.25, 0.3) is 0 Å². The van der Waals surface area contributed by atoms with Crippen LogP contribution in [0.1, 0.15) is 320 Å². The van der Waals surface area contributed by atoms with E-state index in [1.165, 1.54) is 135 Å². The zero-order valence-electron chi connectivity index (χ0n) is 31.3. The quantitative estimate of drug-likeness (QED) is 0.132. The molecule has 0 saturated heterocycles. The van der Waals surface area contributed by atoms with Gasteiger partial charge in [0.2, 0.25) is 0 Å². The highest BCUT2D eigenvalue weighted by molar-refractivity contribution is 4.80. The lowest BCUT2D eigenvalue weighted by atomic mass is 9.71. The molecule has 0 aliphatic carbocycles. The van der Waals surface area contributed by atoms with Gasteiger partial charge in [-0.2, -0.15) is 0 Å². The van der Waals surface area contributed by atoms with Crippen molar-refractivity contribution < 1.29 is 0 Å². The highest BCUT2D eigenvalue weighted by Crippen LogP contribution is 2.41. The highest BCUT2D eigenvalue weighted by atomic mass is 14.3. The van der Waals surface area contributed by atoms with E-state index in [2.05, 4.69) is 83.1 Å². The van der Waals surface area contributed by atoms with Crippen LogP contribution in [0.15, 0.2) is 0 Å². The molecule has 0 aromatic rings. The SMILES string of the molecule is C.C.C.C.C.C.C.C.C.C.CC.CC.CCC.CCC.CCC.CCCC.CCCCCC(CCCCC)(CCCCC)CCCCC. The Morgan fingerprint density at radius 1 is 0.229 bits per heavy atom. The molecule has 0 bridgehead atoms. The van der Waals surface area contributed by atoms with Crippen LogP contribution in [0, 0.1) is 5.41 Å². The summed E-state index contributed by atoms with van der Waals surface area (Å²) in [5, 5.41) is 0. The molecule has 0 amide bonds. The molecule has 0 aromatic carbocycles. The largest absolute Gasteiger partial charge is 0.0776 e. The minimum absolute atomic E-state index is 0. The molecular formula is C48H130. The maximum Gasteiger partial charge on any atom is -0.0297 e. The minimum atomic E-state index is 0. The summed E-state index contributed by atoms with van der Waals surface area (Å²) >= 11 is 0. The Labute approximate surface area is 324 Å². The third kappa shape index (κ3) is 149. The van der Waals surface area contributed by atoms with E-state index in [1.54, 1.807) is 0 Å². The molecule has 0 rings (SSSR count). The van der Waals surface area contributed by atoms with Crippen LogP contribution in [0.3, 0.4) is 0 Å². The van der Waals surface area contributed by atoms with Crippen LogP contribution in [0.5, 0.6) is 0 Å². The molecule has 0 nitrogen and oxygen atoms in total. The van der Waals surface area contributed by atoms with Crippen molar-refractivity contribution in [2.45, 2.75) is 320 Å². The van der Waals surface area contributed by atoms with Gasteiger partial charge in [0, 0.05) is 0 Å². The molecule has 0 unspecified atom stereocenters. The van der Waals surface area contributed by atoms with Gasteiger partial charge >= 0.3 is 0 Å². The molecule has 0 aliphatic rings. The number of hydrogen-bond acceptors (Lipinski definition) is 0. The summed E-state index contributed by atoms with van der Waals surface area (Å²) in [6.07, 6.45) is 29.6. The van der Waals surface area contributed by atoms with Crippen molar-refractivity contribution in [2.75, 3.05) is 0 Å². The van der Waals surface area contributed by atoms with E-state index in [0.29, 0.717) is 5.41 Å². The normalized spacial score (nSPS) is 7.25. The van der Waals surface area contributed by atoms with Gasteiger partial charge in [0.05, 0.1) is 0 Å². The first-order valence-corrected chi connectivity index (χ1v) is 18.4. The second-order valence-electron chi connectivity index (χ2n) is 10.4. The zero-order valence-corrected chi connectivity index (χ0v) is 31.3. The predicted octanol–water partition coefficient (Wildman–Crippen LogP) is 22.8. The van der Waals surface area contributed by atoms with Crippen LogP contribution < -0.4 is 0 Å². The monoisotopic (exact) mass is 707 g/mol. The Bertz CT molecular complexity index is 202. The molecule has 0 aliphatic heterocycles. The molecule has 0 saturated carbocycles. The topological polar surface area (TPSA) is 0 Å². The van der Waals surface area contributed by atoms with Crippen molar-refractivity contribution >= 4 is 0 Å².